The molecule has 1 fully saturated rings. The van der Waals surface area contributed by atoms with Crippen LogP contribution in [0.25, 0.3) is 0 Å². The lowest BCUT2D eigenvalue weighted by Gasteiger charge is -2.14. The van der Waals surface area contributed by atoms with Gasteiger partial charge in [-0.25, -0.2) is 5.48 Å². The van der Waals surface area contributed by atoms with Gasteiger partial charge in [-0.1, -0.05) is 12.1 Å². The molecule has 1 aromatic carbocycles. The van der Waals surface area contributed by atoms with Crippen molar-refractivity contribution in [2.45, 2.75) is 24.4 Å². The molecular weight excluding hydrogens is 353 g/mol. The van der Waals surface area contributed by atoms with Crippen LogP contribution in [0.5, 0.6) is 0 Å². The van der Waals surface area contributed by atoms with Gasteiger partial charge in [0.15, 0.2) is 6.10 Å². The van der Waals surface area contributed by atoms with E-state index in [-0.39, 0.29) is 0 Å². The molecule has 4 N–H and O–H groups in total. The van der Waals surface area contributed by atoms with Gasteiger partial charge >= 0.3 is 0 Å². The van der Waals surface area contributed by atoms with Crippen molar-refractivity contribution in [2.75, 3.05) is 0 Å². The Balaban J connectivity index is 2.20. The van der Waals surface area contributed by atoms with E-state index in [1.165, 1.54) is 5.48 Å². The molecule has 4 atom stereocenters. The van der Waals surface area contributed by atoms with Gasteiger partial charge in [0.05, 0.1) is 0 Å². The van der Waals surface area contributed by atoms with Crippen molar-refractivity contribution in [3.8, 4) is 0 Å². The number of amides is 1. The average molecular weight is 365 g/mol. The number of aliphatic hydroxyl groups excluding tert-OH is 2. The molecular formula is C11H12INO5. The lowest BCUT2D eigenvalue weighted by molar-refractivity contribution is -0.144. The zero-order valence-corrected chi connectivity index (χ0v) is 11.3. The van der Waals surface area contributed by atoms with Crippen LogP contribution in [0.2, 0.25) is 0 Å². The first-order valence-electron chi connectivity index (χ1n) is 5.25. The molecule has 6 nitrogen and oxygen atoms in total. The number of hydroxylamine groups is 1. The molecule has 0 unspecified atom stereocenters. The van der Waals surface area contributed by atoms with Gasteiger partial charge in [0.25, 0.3) is 5.91 Å². The van der Waals surface area contributed by atoms with Gasteiger partial charge in [-0.15, -0.1) is 0 Å². The lowest BCUT2D eigenvalue weighted by atomic mass is 10.0. The van der Waals surface area contributed by atoms with Crippen LogP contribution in [0.4, 0.5) is 0 Å². The van der Waals surface area contributed by atoms with Crippen molar-refractivity contribution in [1.82, 2.24) is 5.48 Å². The van der Waals surface area contributed by atoms with Crippen molar-refractivity contribution < 1.29 is 25.0 Å². The van der Waals surface area contributed by atoms with Gasteiger partial charge in [-0.05, 0) is 40.3 Å². The molecule has 2 rings (SSSR count). The second-order valence-electron chi connectivity index (χ2n) is 3.99. The van der Waals surface area contributed by atoms with Crippen LogP contribution in [-0.4, -0.2) is 39.6 Å². The molecule has 0 spiro atoms. The monoisotopic (exact) mass is 365 g/mol. The van der Waals surface area contributed by atoms with E-state index in [0.717, 1.165) is 3.57 Å². The molecule has 1 aliphatic heterocycles. The van der Waals surface area contributed by atoms with E-state index in [2.05, 4.69) is 22.6 Å². The minimum atomic E-state index is -1.37. The number of halogens is 1. The maximum absolute atomic E-state index is 11.2. The van der Waals surface area contributed by atoms with Crippen LogP contribution in [0.15, 0.2) is 24.3 Å². The predicted octanol–water partition coefficient (Wildman–Crippen LogP) is -0.0417. The summed E-state index contributed by atoms with van der Waals surface area (Å²) in [4.78, 5) is 11.2. The third kappa shape index (κ3) is 2.50. The van der Waals surface area contributed by atoms with E-state index in [1.54, 1.807) is 12.1 Å². The minimum Gasteiger partial charge on any atom is -0.387 e. The molecule has 98 valence electrons. The van der Waals surface area contributed by atoms with Gasteiger partial charge < -0.3 is 14.9 Å². The van der Waals surface area contributed by atoms with Crippen LogP contribution in [-0.2, 0) is 9.53 Å². The highest BCUT2D eigenvalue weighted by Gasteiger charge is 2.46. The van der Waals surface area contributed by atoms with E-state index in [0.29, 0.717) is 5.56 Å². The van der Waals surface area contributed by atoms with Crippen molar-refractivity contribution >= 4 is 28.5 Å². The van der Waals surface area contributed by atoms with Crippen molar-refractivity contribution in [2.24, 2.45) is 0 Å². The fraction of sp³-hybridized carbons (Fsp3) is 0.364. The van der Waals surface area contributed by atoms with Crippen molar-refractivity contribution in [3.63, 3.8) is 0 Å². The fourth-order valence-electron chi connectivity index (χ4n) is 1.89. The summed E-state index contributed by atoms with van der Waals surface area (Å²) in [5, 5.41) is 28.1. The zero-order valence-electron chi connectivity index (χ0n) is 9.15. The number of rotatable bonds is 2. The van der Waals surface area contributed by atoms with Gasteiger partial charge in [-0.3, -0.25) is 10.0 Å². The first kappa shape index (κ1) is 13.7. The van der Waals surface area contributed by atoms with Gasteiger partial charge in [-0.2, -0.15) is 0 Å². The van der Waals surface area contributed by atoms with Crippen molar-refractivity contribution in [3.05, 3.63) is 33.4 Å². The number of ether oxygens (including phenoxy) is 1. The summed E-state index contributed by atoms with van der Waals surface area (Å²) in [6.07, 6.45) is -4.66. The first-order valence-corrected chi connectivity index (χ1v) is 6.33. The number of carbonyl (C=O) groups is 1. The SMILES string of the molecule is O=C(NO)[C@H]1O[C@@H](c2ccc(I)cc2)[C@@H](O)[C@H]1O. The Labute approximate surface area is 117 Å². The van der Waals surface area contributed by atoms with Gasteiger partial charge in [0, 0.05) is 3.57 Å². The molecule has 1 saturated heterocycles. The molecule has 1 aliphatic rings. The Morgan fingerprint density at radius 1 is 1.22 bits per heavy atom. The number of aliphatic hydroxyl groups is 2. The largest absolute Gasteiger partial charge is 0.387 e. The highest BCUT2D eigenvalue weighted by molar-refractivity contribution is 14.1. The van der Waals surface area contributed by atoms with Gasteiger partial charge in [0.1, 0.15) is 18.3 Å². The van der Waals surface area contributed by atoms with E-state index in [1.807, 2.05) is 12.1 Å². The molecule has 1 heterocycles. The standard InChI is InChI=1S/C11H12INO5/c12-6-3-1-5(2-4-6)9-7(14)8(15)10(18-9)11(16)13-17/h1-4,7-10,14-15,17H,(H,13,16)/t7-,8+,9-,10-/m0/s1. The Morgan fingerprint density at radius 3 is 2.39 bits per heavy atom. The molecule has 1 amide bonds. The van der Waals surface area contributed by atoms with E-state index in [4.69, 9.17) is 9.94 Å². The summed E-state index contributed by atoms with van der Waals surface area (Å²) in [6.45, 7) is 0. The van der Waals surface area contributed by atoms with Crippen LogP contribution in [0, 0.1) is 3.57 Å². The molecule has 0 radical (unpaired) electrons. The van der Waals surface area contributed by atoms with Crippen LogP contribution in [0.1, 0.15) is 11.7 Å². The molecule has 0 bridgehead atoms. The summed E-state index contributed by atoms with van der Waals surface area (Å²) in [5.41, 5.74) is 2.06. The fourth-order valence-corrected chi connectivity index (χ4v) is 2.25. The Bertz CT molecular complexity index is 438. The van der Waals surface area contributed by atoms with Gasteiger partial charge in [0.2, 0.25) is 0 Å². The number of hydrogen-bond acceptors (Lipinski definition) is 5. The molecule has 0 aliphatic carbocycles. The van der Waals surface area contributed by atoms with Crippen LogP contribution in [0.3, 0.4) is 0 Å². The quantitative estimate of drug-likeness (QED) is 0.335. The first-order chi connectivity index (χ1) is 8.54. The van der Waals surface area contributed by atoms with Crippen LogP contribution >= 0.6 is 22.6 Å². The summed E-state index contributed by atoms with van der Waals surface area (Å²) >= 11 is 2.14. The number of hydrogen-bond donors (Lipinski definition) is 4. The molecule has 0 saturated carbocycles. The smallest absolute Gasteiger partial charge is 0.275 e. The van der Waals surface area contributed by atoms with E-state index < -0.39 is 30.3 Å². The third-order valence-electron chi connectivity index (χ3n) is 2.83. The predicted molar refractivity (Wildman–Crippen MR) is 68.7 cm³/mol. The normalized spacial score (nSPS) is 31.3. The Kier molecular flexibility index (Phi) is 4.17. The Hall–Kier alpha value is -0.740. The van der Waals surface area contributed by atoms with E-state index in [9.17, 15) is 15.0 Å². The maximum atomic E-state index is 11.2. The minimum absolute atomic E-state index is 0.662. The number of carbonyl (C=O) groups excluding carboxylic acids is 1. The second kappa shape index (κ2) is 5.49. The summed E-state index contributed by atoms with van der Waals surface area (Å²) < 4.78 is 6.31. The third-order valence-corrected chi connectivity index (χ3v) is 3.55. The molecule has 18 heavy (non-hydrogen) atoms. The number of nitrogens with one attached hydrogen (secondary N) is 1. The Morgan fingerprint density at radius 2 is 1.83 bits per heavy atom. The molecule has 0 aromatic heterocycles. The van der Waals surface area contributed by atoms with Crippen molar-refractivity contribution in [1.29, 1.82) is 0 Å². The maximum Gasteiger partial charge on any atom is 0.275 e. The average Bonchev–Trinajstić information content (AvgIpc) is 2.67. The lowest BCUT2D eigenvalue weighted by Crippen LogP contribution is -2.41. The summed E-state index contributed by atoms with van der Waals surface area (Å²) in [5.74, 6) is -0.880. The second-order valence-corrected chi connectivity index (χ2v) is 5.23. The van der Waals surface area contributed by atoms with Crippen LogP contribution < -0.4 is 5.48 Å². The zero-order chi connectivity index (χ0) is 13.3. The highest BCUT2D eigenvalue weighted by Crippen LogP contribution is 2.33. The topological polar surface area (TPSA) is 99.0 Å². The number of benzene rings is 1. The summed E-state index contributed by atoms with van der Waals surface area (Å²) in [7, 11) is 0. The molecule has 7 heteroatoms. The summed E-state index contributed by atoms with van der Waals surface area (Å²) in [6, 6.07) is 7.17. The highest BCUT2D eigenvalue weighted by atomic mass is 127. The van der Waals surface area contributed by atoms with E-state index >= 15 is 0 Å². The molecule has 1 aromatic rings.